The lowest BCUT2D eigenvalue weighted by atomic mass is 9.79. The van der Waals surface area contributed by atoms with Crippen LogP contribution in [0.3, 0.4) is 0 Å². The molecule has 1 N–H and O–H groups in total. The Morgan fingerprint density at radius 3 is 2.71 bits per heavy atom. The van der Waals surface area contributed by atoms with E-state index in [4.69, 9.17) is 14.5 Å². The third kappa shape index (κ3) is 5.08. The second-order valence-corrected chi connectivity index (χ2v) is 11.8. The van der Waals surface area contributed by atoms with Crippen LogP contribution in [-0.2, 0) is 27.4 Å². The molecule has 1 saturated carbocycles. The smallest absolute Gasteiger partial charge is 0.255 e. The highest BCUT2D eigenvalue weighted by Crippen LogP contribution is 2.38. The molecule has 212 valence electrons. The number of nitrogens with zero attached hydrogens (tertiary/aromatic N) is 3. The maximum atomic E-state index is 13.0. The molecule has 4 aliphatic rings. The first-order chi connectivity index (χ1) is 19.9. The molecule has 3 aliphatic heterocycles. The number of hydrogen-bond donors (Lipinski definition) is 1. The number of amides is 3. The summed E-state index contributed by atoms with van der Waals surface area (Å²) in [6.07, 6.45) is 4.08. The Morgan fingerprint density at radius 2 is 1.88 bits per heavy atom. The van der Waals surface area contributed by atoms with E-state index in [1.165, 1.54) is 10.9 Å². The highest BCUT2D eigenvalue weighted by Gasteiger charge is 2.39. The van der Waals surface area contributed by atoms with Crippen LogP contribution in [0.25, 0.3) is 10.9 Å². The molecular weight excluding hydrogens is 520 g/mol. The van der Waals surface area contributed by atoms with E-state index in [9.17, 15) is 14.4 Å². The SMILES string of the molecule is CO[C@H]1C[C@H](c2ccc3cc(CN4CC[C@H](Oc5ccc6c(c5)CN(C5CCC(=O)NC5=O)C6=O)C4)ccc3n2)C1. The van der Waals surface area contributed by atoms with Crippen molar-refractivity contribution in [3.05, 3.63) is 70.9 Å². The van der Waals surface area contributed by atoms with Gasteiger partial charge in [0, 0.05) is 62.3 Å². The molecule has 0 spiro atoms. The number of carbonyl (C=O) groups excluding carboxylic acids is 3. The number of rotatable bonds is 7. The second-order valence-electron chi connectivity index (χ2n) is 11.8. The van der Waals surface area contributed by atoms with Gasteiger partial charge in [0.25, 0.3) is 5.91 Å². The predicted molar refractivity (Wildman–Crippen MR) is 151 cm³/mol. The summed E-state index contributed by atoms with van der Waals surface area (Å²) in [6.45, 7) is 2.99. The van der Waals surface area contributed by atoms with Gasteiger partial charge in [0.1, 0.15) is 17.9 Å². The summed E-state index contributed by atoms with van der Waals surface area (Å²) in [5.74, 6) is 0.392. The molecule has 3 aromatic rings. The van der Waals surface area contributed by atoms with Crippen LogP contribution in [0.1, 0.15) is 65.2 Å². The number of nitrogens with one attached hydrogen (secondary N) is 1. The third-order valence-electron chi connectivity index (χ3n) is 9.05. The van der Waals surface area contributed by atoms with Crippen molar-refractivity contribution in [2.24, 2.45) is 0 Å². The molecule has 3 amide bonds. The van der Waals surface area contributed by atoms with Crippen molar-refractivity contribution in [1.29, 1.82) is 0 Å². The Bertz CT molecular complexity index is 1530. The molecule has 1 aliphatic carbocycles. The van der Waals surface area contributed by atoms with Crippen molar-refractivity contribution < 1.29 is 23.9 Å². The van der Waals surface area contributed by atoms with Crippen LogP contribution in [0.2, 0.25) is 0 Å². The second kappa shape index (κ2) is 10.5. The predicted octanol–water partition coefficient (Wildman–Crippen LogP) is 3.54. The van der Waals surface area contributed by atoms with E-state index in [0.29, 0.717) is 30.6 Å². The minimum Gasteiger partial charge on any atom is -0.489 e. The number of benzene rings is 2. The Balaban J connectivity index is 0.952. The normalized spacial score (nSPS) is 26.3. The van der Waals surface area contributed by atoms with Crippen LogP contribution in [0.4, 0.5) is 0 Å². The molecule has 4 heterocycles. The Hall–Kier alpha value is -3.82. The van der Waals surface area contributed by atoms with E-state index in [2.05, 4.69) is 40.5 Å². The largest absolute Gasteiger partial charge is 0.489 e. The van der Waals surface area contributed by atoms with Crippen LogP contribution in [0.5, 0.6) is 5.75 Å². The van der Waals surface area contributed by atoms with Gasteiger partial charge >= 0.3 is 0 Å². The van der Waals surface area contributed by atoms with Crippen molar-refractivity contribution in [1.82, 2.24) is 20.1 Å². The van der Waals surface area contributed by atoms with E-state index in [1.807, 2.05) is 12.1 Å². The molecule has 2 atom stereocenters. The molecule has 3 fully saturated rings. The molecule has 0 bridgehead atoms. The van der Waals surface area contributed by atoms with Gasteiger partial charge < -0.3 is 14.4 Å². The molecule has 41 heavy (non-hydrogen) atoms. The molecule has 1 aromatic heterocycles. The quantitative estimate of drug-likeness (QED) is 0.446. The first-order valence-electron chi connectivity index (χ1n) is 14.5. The summed E-state index contributed by atoms with van der Waals surface area (Å²) >= 11 is 0. The van der Waals surface area contributed by atoms with E-state index in [1.54, 1.807) is 18.1 Å². The zero-order chi connectivity index (χ0) is 28.1. The number of pyridine rings is 1. The van der Waals surface area contributed by atoms with E-state index in [0.717, 1.165) is 61.4 Å². The molecule has 1 unspecified atom stereocenters. The van der Waals surface area contributed by atoms with Gasteiger partial charge in [0.2, 0.25) is 11.8 Å². The summed E-state index contributed by atoms with van der Waals surface area (Å²) < 4.78 is 11.8. The Labute approximate surface area is 238 Å². The van der Waals surface area contributed by atoms with Crippen LogP contribution < -0.4 is 10.1 Å². The fourth-order valence-corrected chi connectivity index (χ4v) is 6.63. The number of fused-ring (bicyclic) bond motifs is 2. The fourth-order valence-electron chi connectivity index (χ4n) is 6.63. The molecular formula is C32H34N4O5. The number of imide groups is 1. The zero-order valence-electron chi connectivity index (χ0n) is 23.2. The molecule has 7 rings (SSSR count). The van der Waals surface area contributed by atoms with Crippen molar-refractivity contribution in [3.8, 4) is 5.75 Å². The van der Waals surface area contributed by atoms with Crippen molar-refractivity contribution in [3.63, 3.8) is 0 Å². The van der Waals surface area contributed by atoms with Crippen molar-refractivity contribution in [2.75, 3.05) is 20.2 Å². The van der Waals surface area contributed by atoms with E-state index >= 15 is 0 Å². The van der Waals surface area contributed by atoms with Crippen LogP contribution >= 0.6 is 0 Å². The number of aromatic nitrogens is 1. The van der Waals surface area contributed by atoms with E-state index in [-0.39, 0.29) is 24.3 Å². The number of ether oxygens (including phenoxy) is 2. The first-order valence-corrected chi connectivity index (χ1v) is 14.5. The average molecular weight is 555 g/mol. The van der Waals surface area contributed by atoms with Gasteiger partial charge in [-0.05, 0) is 73.2 Å². The van der Waals surface area contributed by atoms with Crippen LogP contribution in [-0.4, -0.2) is 71.0 Å². The molecule has 2 saturated heterocycles. The highest BCUT2D eigenvalue weighted by atomic mass is 16.5. The van der Waals surface area contributed by atoms with Crippen LogP contribution in [0, 0.1) is 0 Å². The zero-order valence-corrected chi connectivity index (χ0v) is 23.2. The number of likely N-dealkylation sites (tertiary alicyclic amines) is 1. The van der Waals surface area contributed by atoms with Gasteiger partial charge in [0.15, 0.2) is 0 Å². The van der Waals surface area contributed by atoms with Crippen LogP contribution in [0.15, 0.2) is 48.5 Å². The Kier molecular flexibility index (Phi) is 6.71. The Morgan fingerprint density at radius 1 is 1.00 bits per heavy atom. The van der Waals surface area contributed by atoms with Gasteiger partial charge in [-0.15, -0.1) is 0 Å². The maximum absolute atomic E-state index is 13.0. The number of methoxy groups -OCH3 is 1. The molecule has 2 aromatic carbocycles. The minimum atomic E-state index is -0.611. The first kappa shape index (κ1) is 26.1. The number of carbonyl (C=O) groups is 3. The summed E-state index contributed by atoms with van der Waals surface area (Å²) in [7, 11) is 1.78. The van der Waals surface area contributed by atoms with Gasteiger partial charge in [-0.25, -0.2) is 0 Å². The fraction of sp³-hybridized carbons (Fsp3) is 0.438. The highest BCUT2D eigenvalue weighted by molar-refractivity contribution is 6.05. The lowest BCUT2D eigenvalue weighted by Gasteiger charge is -2.33. The summed E-state index contributed by atoms with van der Waals surface area (Å²) in [6, 6.07) is 15.9. The summed E-state index contributed by atoms with van der Waals surface area (Å²) in [5, 5.41) is 3.52. The average Bonchev–Trinajstić information content (AvgIpc) is 3.51. The molecule has 0 radical (unpaired) electrons. The number of piperidine rings is 1. The lowest BCUT2D eigenvalue weighted by molar-refractivity contribution is -0.136. The standard InChI is InChI=1S/C32H34N4O5/c1-40-25-13-21(14-25)28-7-3-20-12-19(2-6-27(20)33-28)16-35-11-10-24(18-35)41-23-4-5-26-22(15-23)17-36(32(26)39)29-8-9-30(37)34-31(29)38/h2-7,12,15,21,24-25,29H,8-11,13-14,16-18H2,1H3,(H,34,37,38)/t21-,24-,25-,29?/m0/s1. The van der Waals surface area contributed by atoms with Crippen molar-refractivity contribution in [2.45, 2.75) is 69.4 Å². The lowest BCUT2D eigenvalue weighted by Crippen LogP contribution is -2.52. The summed E-state index contributed by atoms with van der Waals surface area (Å²) in [4.78, 5) is 45.7. The third-order valence-corrected chi connectivity index (χ3v) is 9.05. The van der Waals surface area contributed by atoms with Gasteiger partial charge in [-0.1, -0.05) is 12.1 Å². The number of hydrogen-bond acceptors (Lipinski definition) is 7. The van der Waals surface area contributed by atoms with Crippen molar-refractivity contribution >= 4 is 28.6 Å². The maximum Gasteiger partial charge on any atom is 0.255 e. The minimum absolute atomic E-state index is 0.0690. The molecule has 9 heteroatoms. The topological polar surface area (TPSA) is 101 Å². The molecule has 9 nitrogen and oxygen atoms in total. The van der Waals surface area contributed by atoms with Gasteiger partial charge in [-0.3, -0.25) is 29.6 Å². The van der Waals surface area contributed by atoms with E-state index < -0.39 is 11.9 Å². The summed E-state index contributed by atoms with van der Waals surface area (Å²) in [5.41, 5.74) is 4.93. The monoisotopic (exact) mass is 554 g/mol. The van der Waals surface area contributed by atoms with Gasteiger partial charge in [-0.2, -0.15) is 0 Å². The van der Waals surface area contributed by atoms with Gasteiger partial charge in [0.05, 0.1) is 11.6 Å².